The van der Waals surface area contributed by atoms with E-state index >= 15 is 0 Å². The van der Waals surface area contributed by atoms with Gasteiger partial charge in [-0.25, -0.2) is 0 Å². The molecule has 1 aliphatic heterocycles. The van der Waals surface area contributed by atoms with E-state index < -0.39 is 0 Å². The molecule has 116 valence electrons. The summed E-state index contributed by atoms with van der Waals surface area (Å²) in [7, 11) is 0. The Hall–Kier alpha value is -1.82. The van der Waals surface area contributed by atoms with E-state index in [4.69, 9.17) is 4.42 Å². The molecule has 1 aromatic heterocycles. The Labute approximate surface area is 134 Å². The van der Waals surface area contributed by atoms with Crippen molar-refractivity contribution < 1.29 is 9.21 Å². The maximum atomic E-state index is 12.3. The summed E-state index contributed by atoms with van der Waals surface area (Å²) >= 11 is 1.33. The lowest BCUT2D eigenvalue weighted by molar-refractivity contribution is -0.129. The second-order valence-corrected chi connectivity index (χ2v) is 6.77. The molecule has 1 amide bonds. The van der Waals surface area contributed by atoms with Gasteiger partial charge >= 0.3 is 0 Å². The van der Waals surface area contributed by atoms with Crippen LogP contribution in [0.1, 0.15) is 25.3 Å². The van der Waals surface area contributed by atoms with Crippen molar-refractivity contribution in [2.45, 2.75) is 37.2 Å². The molecular weight excluding hydrogens is 298 g/mol. The molecule has 2 aromatic rings. The van der Waals surface area contributed by atoms with Crippen LogP contribution < -0.4 is 0 Å². The summed E-state index contributed by atoms with van der Waals surface area (Å²) < 4.78 is 5.70. The first-order chi connectivity index (χ1) is 10.6. The summed E-state index contributed by atoms with van der Waals surface area (Å²) in [4.78, 5) is 14.2. The van der Waals surface area contributed by atoms with Crippen LogP contribution in [0.2, 0.25) is 0 Å². The highest BCUT2D eigenvalue weighted by molar-refractivity contribution is 8.00. The summed E-state index contributed by atoms with van der Waals surface area (Å²) in [6, 6.07) is 7.88. The number of benzene rings is 1. The summed E-state index contributed by atoms with van der Waals surface area (Å²) in [6.45, 7) is 5.62. The number of hydrogen-bond acceptors (Lipinski definition) is 5. The summed E-state index contributed by atoms with van der Waals surface area (Å²) in [5, 5.41) is 8.39. The largest absolute Gasteiger partial charge is 0.411 e. The van der Waals surface area contributed by atoms with Crippen molar-refractivity contribution >= 4 is 17.7 Å². The van der Waals surface area contributed by atoms with Crippen molar-refractivity contribution in [1.29, 1.82) is 0 Å². The second-order valence-electron chi connectivity index (χ2n) is 5.48. The molecule has 1 fully saturated rings. The third-order valence-corrected chi connectivity index (χ3v) is 4.75. The number of likely N-dealkylation sites (tertiary alicyclic amines) is 1. The van der Waals surface area contributed by atoms with E-state index in [1.807, 2.05) is 43.0 Å². The van der Waals surface area contributed by atoms with E-state index in [-0.39, 0.29) is 11.2 Å². The topological polar surface area (TPSA) is 59.2 Å². The molecule has 3 rings (SSSR count). The van der Waals surface area contributed by atoms with Crippen molar-refractivity contribution in [3.8, 4) is 11.5 Å². The van der Waals surface area contributed by atoms with Crippen molar-refractivity contribution in [2.75, 3.05) is 13.1 Å². The van der Waals surface area contributed by atoms with Crippen LogP contribution in [-0.2, 0) is 4.79 Å². The Bertz CT molecular complexity index is 665. The Morgan fingerprint density at radius 2 is 2.00 bits per heavy atom. The molecule has 1 saturated heterocycles. The summed E-state index contributed by atoms with van der Waals surface area (Å²) in [5.41, 5.74) is 2.02. The highest BCUT2D eigenvalue weighted by atomic mass is 32.2. The maximum Gasteiger partial charge on any atom is 0.277 e. The molecule has 1 aromatic carbocycles. The average Bonchev–Trinajstić information content (AvgIpc) is 3.18. The molecule has 0 aliphatic carbocycles. The number of rotatable bonds is 4. The first-order valence-electron chi connectivity index (χ1n) is 7.50. The fourth-order valence-electron chi connectivity index (χ4n) is 2.58. The highest BCUT2D eigenvalue weighted by Crippen LogP contribution is 2.28. The van der Waals surface area contributed by atoms with E-state index in [2.05, 4.69) is 10.2 Å². The molecule has 0 saturated carbocycles. The van der Waals surface area contributed by atoms with E-state index in [0.717, 1.165) is 37.1 Å². The Kier molecular flexibility index (Phi) is 4.47. The minimum Gasteiger partial charge on any atom is -0.411 e. The minimum absolute atomic E-state index is 0.151. The van der Waals surface area contributed by atoms with E-state index in [1.165, 1.54) is 11.8 Å². The van der Waals surface area contributed by atoms with Crippen molar-refractivity contribution in [1.82, 2.24) is 15.1 Å². The zero-order valence-corrected chi connectivity index (χ0v) is 13.6. The first kappa shape index (κ1) is 15.1. The molecular formula is C16H19N3O2S. The lowest BCUT2D eigenvalue weighted by atomic mass is 10.1. The number of aryl methyl sites for hydroxylation is 1. The van der Waals surface area contributed by atoms with Gasteiger partial charge in [-0.3, -0.25) is 4.79 Å². The van der Waals surface area contributed by atoms with Crippen molar-refractivity contribution in [2.24, 2.45) is 0 Å². The zero-order chi connectivity index (χ0) is 15.5. The van der Waals surface area contributed by atoms with Crippen LogP contribution in [0.4, 0.5) is 0 Å². The molecule has 1 aliphatic rings. The molecule has 6 heteroatoms. The van der Waals surface area contributed by atoms with Gasteiger partial charge in [-0.15, -0.1) is 10.2 Å². The molecule has 0 radical (unpaired) electrons. The van der Waals surface area contributed by atoms with E-state index in [0.29, 0.717) is 11.1 Å². The second kappa shape index (κ2) is 6.52. The minimum atomic E-state index is -0.205. The molecule has 22 heavy (non-hydrogen) atoms. The quantitative estimate of drug-likeness (QED) is 0.811. The predicted molar refractivity (Wildman–Crippen MR) is 85.6 cm³/mol. The van der Waals surface area contributed by atoms with Gasteiger partial charge in [-0.05, 0) is 38.3 Å². The number of carbonyl (C=O) groups excluding carboxylic acids is 1. The average molecular weight is 317 g/mol. The van der Waals surface area contributed by atoms with Gasteiger partial charge in [-0.2, -0.15) is 0 Å². The standard InChI is InChI=1S/C16H19N3O2S/c1-11-7-3-4-8-13(11)14-17-18-16(21-14)22-12(2)15(20)19-9-5-6-10-19/h3-4,7-8,12H,5-6,9-10H2,1-2H3/t12-/m0/s1. The van der Waals surface area contributed by atoms with Crippen LogP contribution in [-0.4, -0.2) is 39.3 Å². The number of aromatic nitrogens is 2. The number of carbonyl (C=O) groups is 1. The fraction of sp³-hybridized carbons (Fsp3) is 0.438. The van der Waals surface area contributed by atoms with Gasteiger partial charge in [0.05, 0.1) is 5.25 Å². The van der Waals surface area contributed by atoms with Crippen molar-refractivity contribution in [3.63, 3.8) is 0 Å². The zero-order valence-electron chi connectivity index (χ0n) is 12.8. The van der Waals surface area contributed by atoms with Crippen LogP contribution in [0.5, 0.6) is 0 Å². The van der Waals surface area contributed by atoms with Crippen molar-refractivity contribution in [3.05, 3.63) is 29.8 Å². The molecule has 0 unspecified atom stereocenters. The number of nitrogens with zero attached hydrogens (tertiary/aromatic N) is 3. The van der Waals surface area contributed by atoms with Gasteiger partial charge in [0.1, 0.15) is 0 Å². The van der Waals surface area contributed by atoms with Gasteiger partial charge in [0, 0.05) is 18.7 Å². The molecule has 0 bridgehead atoms. The molecule has 0 spiro atoms. The molecule has 0 N–H and O–H groups in total. The summed E-state index contributed by atoms with van der Waals surface area (Å²) in [5.74, 6) is 0.652. The number of hydrogen-bond donors (Lipinski definition) is 0. The molecule has 5 nitrogen and oxygen atoms in total. The lowest BCUT2D eigenvalue weighted by Crippen LogP contribution is -2.34. The molecule has 1 atom stereocenters. The van der Waals surface area contributed by atoms with E-state index in [9.17, 15) is 4.79 Å². The van der Waals surface area contributed by atoms with Crippen LogP contribution in [0.3, 0.4) is 0 Å². The maximum absolute atomic E-state index is 12.3. The smallest absolute Gasteiger partial charge is 0.277 e. The lowest BCUT2D eigenvalue weighted by Gasteiger charge is -2.18. The fourth-order valence-corrected chi connectivity index (χ4v) is 3.34. The van der Waals surface area contributed by atoms with Crippen LogP contribution in [0.15, 0.2) is 33.9 Å². The third-order valence-electron chi connectivity index (χ3n) is 3.83. The number of amides is 1. The van der Waals surface area contributed by atoms with Crippen LogP contribution in [0.25, 0.3) is 11.5 Å². The van der Waals surface area contributed by atoms with Crippen LogP contribution >= 0.6 is 11.8 Å². The first-order valence-corrected chi connectivity index (χ1v) is 8.38. The Morgan fingerprint density at radius 1 is 1.27 bits per heavy atom. The predicted octanol–water partition coefficient (Wildman–Crippen LogP) is 3.15. The SMILES string of the molecule is Cc1ccccc1-c1nnc(S[C@@H](C)C(=O)N2CCCC2)o1. The Morgan fingerprint density at radius 3 is 2.73 bits per heavy atom. The number of thioether (sulfide) groups is 1. The monoisotopic (exact) mass is 317 g/mol. The van der Waals surface area contributed by atoms with Gasteiger partial charge in [0.25, 0.3) is 5.22 Å². The Balaban J connectivity index is 1.69. The van der Waals surface area contributed by atoms with Gasteiger partial charge in [0.15, 0.2) is 0 Å². The van der Waals surface area contributed by atoms with Crippen LogP contribution in [0, 0.1) is 6.92 Å². The van der Waals surface area contributed by atoms with Gasteiger partial charge in [-0.1, -0.05) is 30.0 Å². The van der Waals surface area contributed by atoms with Gasteiger partial charge < -0.3 is 9.32 Å². The summed E-state index contributed by atoms with van der Waals surface area (Å²) in [6.07, 6.45) is 2.20. The van der Waals surface area contributed by atoms with E-state index in [1.54, 1.807) is 0 Å². The highest BCUT2D eigenvalue weighted by Gasteiger charge is 2.25. The molecule has 2 heterocycles. The van der Waals surface area contributed by atoms with Gasteiger partial charge in [0.2, 0.25) is 11.8 Å². The normalized spacial score (nSPS) is 16.0. The third kappa shape index (κ3) is 3.16.